The van der Waals surface area contributed by atoms with E-state index in [0.717, 1.165) is 24.5 Å². The minimum atomic E-state index is -0.331. The highest BCUT2D eigenvalue weighted by Gasteiger charge is 2.47. The molecule has 1 saturated carbocycles. The molecule has 2 nitrogen and oxygen atoms in total. The number of hydrogen-bond acceptors (Lipinski definition) is 3. The highest BCUT2D eigenvalue weighted by molar-refractivity contribution is 8.00. The van der Waals surface area contributed by atoms with Crippen molar-refractivity contribution in [2.75, 3.05) is 0 Å². The van der Waals surface area contributed by atoms with Crippen LogP contribution in [-0.2, 0) is 0 Å². The van der Waals surface area contributed by atoms with Crippen molar-refractivity contribution < 1.29 is 10.2 Å². The highest BCUT2D eigenvalue weighted by atomic mass is 32.2. The quantitative estimate of drug-likeness (QED) is 0.437. The molecule has 2 fully saturated rings. The lowest BCUT2D eigenvalue weighted by Gasteiger charge is -2.18. The summed E-state index contributed by atoms with van der Waals surface area (Å²) in [5, 5.41) is 21.9. The van der Waals surface area contributed by atoms with Crippen LogP contribution in [0.5, 0.6) is 0 Å². The van der Waals surface area contributed by atoms with Crippen LogP contribution in [0.2, 0.25) is 0 Å². The summed E-state index contributed by atoms with van der Waals surface area (Å²) in [6.07, 6.45) is 15.5. The largest absolute Gasteiger partial charge is 0.392 e. The van der Waals surface area contributed by atoms with Crippen LogP contribution < -0.4 is 0 Å². The summed E-state index contributed by atoms with van der Waals surface area (Å²) in [6, 6.07) is 0. The van der Waals surface area contributed by atoms with E-state index in [-0.39, 0.29) is 18.1 Å². The van der Waals surface area contributed by atoms with Gasteiger partial charge in [-0.1, -0.05) is 64.5 Å². The maximum atomic E-state index is 10.4. The molecular formula is C20H36O2S. The highest BCUT2D eigenvalue weighted by Crippen LogP contribution is 2.52. The number of unbranched alkanes of at least 4 members (excludes halogenated alkanes) is 4. The molecule has 6 atom stereocenters. The number of fused-ring (bicyclic) bond motifs is 1. The van der Waals surface area contributed by atoms with Gasteiger partial charge in [-0.2, -0.15) is 11.8 Å². The molecule has 2 rings (SSSR count). The zero-order chi connectivity index (χ0) is 16.7. The maximum absolute atomic E-state index is 10.4. The summed E-state index contributed by atoms with van der Waals surface area (Å²) in [4.78, 5) is 0. The predicted molar refractivity (Wildman–Crippen MR) is 101 cm³/mol. The van der Waals surface area contributed by atoms with Gasteiger partial charge in [-0.15, -0.1) is 0 Å². The van der Waals surface area contributed by atoms with E-state index in [9.17, 15) is 10.2 Å². The molecule has 0 radical (unpaired) electrons. The zero-order valence-electron chi connectivity index (χ0n) is 15.0. The van der Waals surface area contributed by atoms with Crippen LogP contribution in [-0.4, -0.2) is 32.9 Å². The van der Waals surface area contributed by atoms with Gasteiger partial charge in [-0.25, -0.2) is 0 Å². The second-order valence-corrected chi connectivity index (χ2v) is 9.06. The number of aliphatic hydroxyl groups excluding tert-OH is 2. The molecule has 23 heavy (non-hydrogen) atoms. The number of rotatable bonds is 10. The molecule has 1 heterocycles. The van der Waals surface area contributed by atoms with E-state index in [4.69, 9.17) is 0 Å². The number of hydrogen-bond donors (Lipinski definition) is 2. The van der Waals surface area contributed by atoms with Crippen molar-refractivity contribution in [2.24, 2.45) is 11.8 Å². The Bertz CT molecular complexity index is 358. The van der Waals surface area contributed by atoms with Gasteiger partial charge in [0.2, 0.25) is 0 Å². The second-order valence-electron chi connectivity index (χ2n) is 7.52. The van der Waals surface area contributed by atoms with Crippen LogP contribution in [0.3, 0.4) is 0 Å². The Balaban J connectivity index is 1.80. The van der Waals surface area contributed by atoms with Gasteiger partial charge in [0.05, 0.1) is 12.2 Å². The molecule has 1 saturated heterocycles. The van der Waals surface area contributed by atoms with E-state index < -0.39 is 0 Å². The smallest absolute Gasteiger partial charge is 0.0721 e. The topological polar surface area (TPSA) is 40.5 Å². The minimum absolute atomic E-state index is 0.201. The first-order valence-electron chi connectivity index (χ1n) is 9.85. The fourth-order valence-electron chi connectivity index (χ4n) is 4.21. The third-order valence-electron chi connectivity index (χ3n) is 5.58. The van der Waals surface area contributed by atoms with E-state index >= 15 is 0 Å². The lowest BCUT2D eigenvalue weighted by Crippen LogP contribution is -2.19. The molecule has 1 aliphatic carbocycles. The third kappa shape index (κ3) is 5.79. The van der Waals surface area contributed by atoms with Crippen LogP contribution in [0.25, 0.3) is 0 Å². The summed E-state index contributed by atoms with van der Waals surface area (Å²) >= 11 is 2.13. The van der Waals surface area contributed by atoms with Crippen molar-refractivity contribution in [3.05, 3.63) is 12.2 Å². The van der Waals surface area contributed by atoms with E-state index in [1.807, 2.05) is 6.08 Å². The molecule has 3 heteroatoms. The first-order chi connectivity index (χ1) is 11.2. The van der Waals surface area contributed by atoms with Gasteiger partial charge >= 0.3 is 0 Å². The standard InChI is InChI=1S/C20H36O2S/c1-3-5-7-9-15(21)11-12-17-18-13-16(10-8-6-4-2)23-20(18)14-19(17)22/h11-12,15-22H,3-10,13-14H2,1-2H3/t15-,16-,17+,18+,19+,20-/m0/s1. The predicted octanol–water partition coefficient (Wildman–Crippen LogP) is 4.94. The van der Waals surface area contributed by atoms with E-state index in [1.54, 1.807) is 0 Å². The third-order valence-corrected chi connectivity index (χ3v) is 7.29. The SMILES string of the molecule is CCCCC[C@H]1C[C@@H]2[C@@H](C=C[C@@H](O)CCCCC)[C@H](O)C[C@@H]2S1. The average Bonchev–Trinajstić information content (AvgIpc) is 3.02. The molecule has 1 aliphatic heterocycles. The lowest BCUT2D eigenvalue weighted by atomic mass is 9.89. The van der Waals surface area contributed by atoms with Crippen molar-refractivity contribution in [3.8, 4) is 0 Å². The molecule has 0 aromatic heterocycles. The van der Waals surface area contributed by atoms with Crippen molar-refractivity contribution >= 4 is 11.8 Å². The second kappa shape index (κ2) is 10.1. The van der Waals surface area contributed by atoms with E-state index in [0.29, 0.717) is 11.2 Å². The first-order valence-corrected chi connectivity index (χ1v) is 10.8. The summed E-state index contributed by atoms with van der Waals surface area (Å²) in [6.45, 7) is 4.45. The van der Waals surface area contributed by atoms with Gasteiger partial charge < -0.3 is 10.2 Å². The van der Waals surface area contributed by atoms with Gasteiger partial charge in [0.25, 0.3) is 0 Å². The summed E-state index contributed by atoms with van der Waals surface area (Å²) in [7, 11) is 0. The van der Waals surface area contributed by atoms with E-state index in [2.05, 4.69) is 31.7 Å². The Morgan fingerprint density at radius 1 is 1.09 bits per heavy atom. The fourth-order valence-corrected chi connectivity index (χ4v) is 6.14. The van der Waals surface area contributed by atoms with Crippen LogP contribution in [0, 0.1) is 11.8 Å². The van der Waals surface area contributed by atoms with Crippen LogP contribution in [0.15, 0.2) is 12.2 Å². The molecule has 0 unspecified atom stereocenters. The van der Waals surface area contributed by atoms with Gasteiger partial charge in [0, 0.05) is 16.4 Å². The van der Waals surface area contributed by atoms with Crippen molar-refractivity contribution in [1.29, 1.82) is 0 Å². The number of aliphatic hydroxyl groups is 2. The monoisotopic (exact) mass is 340 g/mol. The molecule has 0 aromatic rings. The van der Waals surface area contributed by atoms with Crippen molar-refractivity contribution in [1.82, 2.24) is 0 Å². The molecule has 0 aromatic carbocycles. The summed E-state index contributed by atoms with van der Waals surface area (Å²) < 4.78 is 0. The van der Waals surface area contributed by atoms with Gasteiger partial charge in [0.1, 0.15) is 0 Å². The molecule has 2 N–H and O–H groups in total. The lowest BCUT2D eigenvalue weighted by molar-refractivity contribution is 0.138. The Morgan fingerprint density at radius 3 is 2.57 bits per heavy atom. The summed E-state index contributed by atoms with van der Waals surface area (Å²) in [5.74, 6) is 0.894. The van der Waals surface area contributed by atoms with Gasteiger partial charge in [-0.3, -0.25) is 0 Å². The molecule has 134 valence electrons. The molecule has 2 aliphatic rings. The zero-order valence-corrected chi connectivity index (χ0v) is 15.8. The Hall–Kier alpha value is 0.0100. The minimum Gasteiger partial charge on any atom is -0.392 e. The fraction of sp³-hybridized carbons (Fsp3) is 0.900. The normalized spacial score (nSPS) is 35.0. The van der Waals surface area contributed by atoms with Gasteiger partial charge in [-0.05, 0) is 31.6 Å². The van der Waals surface area contributed by atoms with Crippen LogP contribution in [0.4, 0.5) is 0 Å². The molecule has 0 amide bonds. The summed E-state index contributed by atoms with van der Waals surface area (Å²) in [5.41, 5.74) is 0. The first kappa shape index (κ1) is 19.3. The average molecular weight is 341 g/mol. The van der Waals surface area contributed by atoms with Crippen LogP contribution in [0.1, 0.15) is 78.1 Å². The molecule has 0 spiro atoms. The number of thioether (sulfide) groups is 1. The van der Waals surface area contributed by atoms with Crippen LogP contribution >= 0.6 is 11.8 Å². The van der Waals surface area contributed by atoms with Gasteiger partial charge in [0.15, 0.2) is 0 Å². The Kier molecular flexibility index (Phi) is 8.49. The maximum Gasteiger partial charge on any atom is 0.0721 e. The Labute approximate surface area is 147 Å². The Morgan fingerprint density at radius 2 is 1.83 bits per heavy atom. The molecular weight excluding hydrogens is 304 g/mol. The van der Waals surface area contributed by atoms with E-state index in [1.165, 1.54) is 44.9 Å². The molecule has 0 bridgehead atoms. The van der Waals surface area contributed by atoms with Crippen molar-refractivity contribution in [3.63, 3.8) is 0 Å². The van der Waals surface area contributed by atoms with Crippen molar-refractivity contribution in [2.45, 2.75) is 101 Å².